The number of hydrogen-bond acceptors (Lipinski definition) is 5. The zero-order valence-electron chi connectivity index (χ0n) is 11.3. The molecule has 0 saturated heterocycles. The van der Waals surface area contributed by atoms with Gasteiger partial charge in [0.15, 0.2) is 0 Å². The highest BCUT2D eigenvalue weighted by Crippen LogP contribution is 2.24. The van der Waals surface area contributed by atoms with Gasteiger partial charge in [-0.15, -0.1) is 0 Å². The van der Waals surface area contributed by atoms with Gasteiger partial charge in [-0.05, 0) is 26.0 Å². The van der Waals surface area contributed by atoms with Crippen molar-refractivity contribution in [1.82, 2.24) is 10.1 Å². The first kappa shape index (κ1) is 13.5. The first-order chi connectivity index (χ1) is 9.11. The molecule has 0 aliphatic heterocycles. The van der Waals surface area contributed by atoms with Crippen LogP contribution in [0, 0.1) is 0 Å². The summed E-state index contributed by atoms with van der Waals surface area (Å²) in [7, 11) is 0. The van der Waals surface area contributed by atoms with Gasteiger partial charge in [-0.2, -0.15) is 4.98 Å². The summed E-state index contributed by atoms with van der Waals surface area (Å²) < 4.78 is 10.6. The minimum Gasteiger partial charge on any atom is -0.494 e. The zero-order valence-corrected chi connectivity index (χ0v) is 11.3. The first-order valence-electron chi connectivity index (χ1n) is 6.36. The fourth-order valence-electron chi connectivity index (χ4n) is 1.64. The van der Waals surface area contributed by atoms with Crippen LogP contribution < -0.4 is 4.74 Å². The van der Waals surface area contributed by atoms with Crippen molar-refractivity contribution in [2.75, 3.05) is 6.61 Å². The van der Waals surface area contributed by atoms with Crippen molar-refractivity contribution in [3.05, 3.63) is 30.2 Å². The van der Waals surface area contributed by atoms with E-state index in [1.807, 2.05) is 38.1 Å². The number of benzene rings is 1. The number of nitrogens with zero attached hydrogens (tertiary/aromatic N) is 2. The van der Waals surface area contributed by atoms with Crippen LogP contribution in [0.3, 0.4) is 0 Å². The molecule has 1 heterocycles. The summed E-state index contributed by atoms with van der Waals surface area (Å²) in [5, 5.41) is 13.5. The average molecular weight is 262 g/mol. The molecule has 102 valence electrons. The lowest BCUT2D eigenvalue weighted by molar-refractivity contribution is 0.151. The van der Waals surface area contributed by atoms with Crippen LogP contribution in [0.4, 0.5) is 0 Å². The third-order valence-electron chi connectivity index (χ3n) is 2.96. The number of aromatic nitrogens is 2. The van der Waals surface area contributed by atoms with Crippen molar-refractivity contribution in [2.24, 2.45) is 0 Å². The minimum absolute atomic E-state index is 0.184. The summed E-state index contributed by atoms with van der Waals surface area (Å²) in [6, 6.07) is 7.52. The summed E-state index contributed by atoms with van der Waals surface area (Å²) in [5.41, 5.74) is 0.832. The smallest absolute Gasteiger partial charge is 0.232 e. The second kappa shape index (κ2) is 5.84. The average Bonchev–Trinajstić information content (AvgIpc) is 2.88. The van der Waals surface area contributed by atoms with Crippen LogP contribution >= 0.6 is 0 Å². The number of aliphatic hydroxyl groups is 1. The summed E-state index contributed by atoms with van der Waals surface area (Å²) in [5.74, 6) is 1.53. The van der Waals surface area contributed by atoms with Crippen LogP contribution in [-0.2, 0) is 0 Å². The molecule has 0 aliphatic carbocycles. The Labute approximate surface area is 112 Å². The van der Waals surface area contributed by atoms with Crippen LogP contribution in [0.25, 0.3) is 11.4 Å². The molecule has 0 aliphatic rings. The van der Waals surface area contributed by atoms with E-state index in [4.69, 9.17) is 9.26 Å². The molecule has 0 bridgehead atoms. The van der Waals surface area contributed by atoms with E-state index < -0.39 is 6.10 Å². The van der Waals surface area contributed by atoms with E-state index in [9.17, 15) is 5.11 Å². The lowest BCUT2D eigenvalue weighted by Gasteiger charge is -2.08. The van der Waals surface area contributed by atoms with Crippen LogP contribution in [0.2, 0.25) is 0 Å². The zero-order chi connectivity index (χ0) is 13.8. The number of aliphatic hydroxyl groups excluding tert-OH is 1. The summed E-state index contributed by atoms with van der Waals surface area (Å²) in [6.45, 7) is 6.09. The maximum atomic E-state index is 9.52. The lowest BCUT2D eigenvalue weighted by Crippen LogP contribution is -2.11. The van der Waals surface area contributed by atoms with E-state index in [-0.39, 0.29) is 5.92 Å². The molecule has 0 spiro atoms. The third-order valence-corrected chi connectivity index (χ3v) is 2.96. The molecule has 5 heteroatoms. The summed E-state index contributed by atoms with van der Waals surface area (Å²) in [6.07, 6.45) is -0.525. The second-order valence-electron chi connectivity index (χ2n) is 4.45. The van der Waals surface area contributed by atoms with Crippen molar-refractivity contribution in [2.45, 2.75) is 32.8 Å². The molecule has 2 atom stereocenters. The molecule has 2 unspecified atom stereocenters. The van der Waals surface area contributed by atoms with Crippen molar-refractivity contribution < 1.29 is 14.4 Å². The van der Waals surface area contributed by atoms with Gasteiger partial charge in [-0.3, -0.25) is 0 Å². The van der Waals surface area contributed by atoms with E-state index in [1.54, 1.807) is 6.92 Å². The normalized spacial score (nSPS) is 14.1. The summed E-state index contributed by atoms with van der Waals surface area (Å²) >= 11 is 0. The van der Waals surface area contributed by atoms with Crippen molar-refractivity contribution in [3.63, 3.8) is 0 Å². The van der Waals surface area contributed by atoms with Gasteiger partial charge in [0.05, 0.1) is 18.6 Å². The molecule has 0 amide bonds. The Morgan fingerprint density at radius 2 is 2.16 bits per heavy atom. The Kier molecular flexibility index (Phi) is 4.16. The highest BCUT2D eigenvalue weighted by atomic mass is 16.5. The molecule has 0 radical (unpaired) electrons. The molecule has 0 fully saturated rings. The van der Waals surface area contributed by atoms with Gasteiger partial charge in [0.2, 0.25) is 11.7 Å². The number of rotatable bonds is 5. The Bertz CT molecular complexity index is 537. The minimum atomic E-state index is -0.525. The number of hydrogen-bond donors (Lipinski definition) is 1. The maximum absolute atomic E-state index is 9.52. The van der Waals surface area contributed by atoms with Gasteiger partial charge >= 0.3 is 0 Å². The van der Waals surface area contributed by atoms with Crippen LogP contribution in [-0.4, -0.2) is 28.0 Å². The summed E-state index contributed by atoms with van der Waals surface area (Å²) in [4.78, 5) is 4.31. The van der Waals surface area contributed by atoms with Gasteiger partial charge in [0.1, 0.15) is 5.75 Å². The highest BCUT2D eigenvalue weighted by molar-refractivity contribution is 5.56. The molecule has 2 rings (SSSR count). The molecule has 5 nitrogen and oxygen atoms in total. The Balaban J connectivity index is 2.25. The van der Waals surface area contributed by atoms with E-state index in [2.05, 4.69) is 10.1 Å². The Hall–Kier alpha value is -1.88. The Morgan fingerprint density at radius 3 is 2.84 bits per heavy atom. The maximum Gasteiger partial charge on any atom is 0.232 e. The molecular formula is C14H18N2O3. The molecular weight excluding hydrogens is 244 g/mol. The van der Waals surface area contributed by atoms with E-state index >= 15 is 0 Å². The van der Waals surface area contributed by atoms with E-state index in [1.165, 1.54) is 0 Å². The van der Waals surface area contributed by atoms with Crippen LogP contribution in [0.15, 0.2) is 28.8 Å². The molecule has 0 saturated carbocycles. The SMILES string of the molecule is CCOc1cccc(-c2noc(C(C)C(C)O)n2)c1. The van der Waals surface area contributed by atoms with Crippen molar-refractivity contribution in [1.29, 1.82) is 0 Å². The van der Waals surface area contributed by atoms with Gasteiger partial charge in [-0.1, -0.05) is 24.2 Å². The van der Waals surface area contributed by atoms with E-state index in [0.29, 0.717) is 18.3 Å². The van der Waals surface area contributed by atoms with Gasteiger partial charge in [-0.25, -0.2) is 0 Å². The first-order valence-corrected chi connectivity index (χ1v) is 6.36. The van der Waals surface area contributed by atoms with Crippen LogP contribution in [0.5, 0.6) is 5.75 Å². The highest BCUT2D eigenvalue weighted by Gasteiger charge is 2.19. The quantitative estimate of drug-likeness (QED) is 0.897. The molecule has 1 aromatic heterocycles. The van der Waals surface area contributed by atoms with Crippen molar-refractivity contribution in [3.8, 4) is 17.1 Å². The van der Waals surface area contributed by atoms with Crippen molar-refractivity contribution >= 4 is 0 Å². The molecule has 1 N–H and O–H groups in total. The monoisotopic (exact) mass is 262 g/mol. The van der Waals surface area contributed by atoms with Gasteiger partial charge < -0.3 is 14.4 Å². The molecule has 19 heavy (non-hydrogen) atoms. The topological polar surface area (TPSA) is 68.4 Å². The van der Waals surface area contributed by atoms with E-state index in [0.717, 1.165) is 11.3 Å². The predicted octanol–water partition coefficient (Wildman–Crippen LogP) is 2.62. The largest absolute Gasteiger partial charge is 0.494 e. The standard InChI is InChI=1S/C14H18N2O3/c1-4-18-12-7-5-6-11(8-12)13-15-14(19-16-13)9(2)10(3)17/h5-10,17H,4H2,1-3H3. The number of ether oxygens (including phenoxy) is 1. The fraction of sp³-hybridized carbons (Fsp3) is 0.429. The lowest BCUT2D eigenvalue weighted by atomic mass is 10.1. The molecule has 2 aromatic rings. The van der Waals surface area contributed by atoms with Gasteiger partial charge in [0.25, 0.3) is 0 Å². The van der Waals surface area contributed by atoms with Gasteiger partial charge in [0, 0.05) is 5.56 Å². The second-order valence-corrected chi connectivity index (χ2v) is 4.45. The Morgan fingerprint density at radius 1 is 1.37 bits per heavy atom. The third kappa shape index (κ3) is 3.12. The fourth-order valence-corrected chi connectivity index (χ4v) is 1.64. The van der Waals surface area contributed by atoms with Crippen LogP contribution in [0.1, 0.15) is 32.6 Å². The predicted molar refractivity (Wildman–Crippen MR) is 71.0 cm³/mol. The molecule has 1 aromatic carbocycles.